The number of rotatable bonds is 9. The highest BCUT2D eigenvalue weighted by Crippen LogP contribution is 2.37. The van der Waals surface area contributed by atoms with Crippen LogP contribution in [0.2, 0.25) is 0 Å². The second-order valence-corrected chi connectivity index (χ2v) is 13.1. The number of nitrogens with zero attached hydrogens (tertiary/aromatic N) is 6. The third kappa shape index (κ3) is 7.08. The maximum Gasteiger partial charge on any atom is 0.407 e. The standard InChI is InChI=1S/C39H42N6O5/c1-27-24-45(39(47)48)18-17-31(27)38(46)44-21-19-43(20-22-44)30-13-14-32-34(23-30)42(2)41-36(32)33-15-16-35(49-25-28-9-5-3-6-10-28)40-37(33)50-26-29-11-7-4-8-12-29/h3-16,23,27,31H,17-22,24-26H2,1-2H3,(H,47,48)/t27-,31-/m1/s1. The number of benzene rings is 3. The zero-order chi connectivity index (χ0) is 34.6. The molecular weight excluding hydrogens is 632 g/mol. The van der Waals surface area contributed by atoms with Gasteiger partial charge in [-0.25, -0.2) is 4.79 Å². The highest BCUT2D eigenvalue weighted by molar-refractivity contribution is 5.96. The van der Waals surface area contributed by atoms with Crippen molar-refractivity contribution in [2.45, 2.75) is 26.6 Å². The van der Waals surface area contributed by atoms with Crippen molar-refractivity contribution in [3.8, 4) is 23.0 Å². The largest absolute Gasteiger partial charge is 0.473 e. The van der Waals surface area contributed by atoms with Gasteiger partial charge < -0.3 is 29.3 Å². The number of anilines is 1. The van der Waals surface area contributed by atoms with Crippen LogP contribution in [-0.2, 0) is 25.1 Å². The van der Waals surface area contributed by atoms with Crippen LogP contribution in [0.3, 0.4) is 0 Å². The van der Waals surface area contributed by atoms with Crippen molar-refractivity contribution in [1.29, 1.82) is 0 Å². The molecule has 258 valence electrons. The van der Waals surface area contributed by atoms with E-state index >= 15 is 0 Å². The van der Waals surface area contributed by atoms with Gasteiger partial charge >= 0.3 is 6.09 Å². The van der Waals surface area contributed by atoms with E-state index in [4.69, 9.17) is 19.6 Å². The molecule has 1 N–H and O–H groups in total. The van der Waals surface area contributed by atoms with Crippen LogP contribution in [0.1, 0.15) is 24.5 Å². The summed E-state index contributed by atoms with van der Waals surface area (Å²) in [5, 5.41) is 15.3. The number of piperidine rings is 1. The molecule has 4 heterocycles. The van der Waals surface area contributed by atoms with Crippen molar-refractivity contribution >= 4 is 28.6 Å². The fourth-order valence-corrected chi connectivity index (χ4v) is 7.00. The Morgan fingerprint density at radius 2 is 1.50 bits per heavy atom. The smallest absolute Gasteiger partial charge is 0.407 e. The van der Waals surface area contributed by atoms with Crippen molar-refractivity contribution in [1.82, 2.24) is 24.6 Å². The van der Waals surface area contributed by atoms with Crippen molar-refractivity contribution in [2.24, 2.45) is 18.9 Å². The maximum absolute atomic E-state index is 13.4. The lowest BCUT2D eigenvalue weighted by Gasteiger charge is -2.41. The predicted molar refractivity (Wildman–Crippen MR) is 191 cm³/mol. The molecule has 11 heteroatoms. The van der Waals surface area contributed by atoms with Crippen LogP contribution >= 0.6 is 0 Å². The van der Waals surface area contributed by atoms with Crippen LogP contribution in [0.4, 0.5) is 10.5 Å². The Morgan fingerprint density at radius 3 is 2.16 bits per heavy atom. The first-order valence-corrected chi connectivity index (χ1v) is 17.2. The number of amides is 2. The number of pyridine rings is 1. The number of piperazine rings is 1. The summed E-state index contributed by atoms with van der Waals surface area (Å²) in [6, 6.07) is 30.2. The molecule has 5 aromatic rings. The molecule has 0 aliphatic carbocycles. The molecule has 2 fully saturated rings. The van der Waals surface area contributed by atoms with Crippen LogP contribution < -0.4 is 14.4 Å². The summed E-state index contributed by atoms with van der Waals surface area (Å²) in [5.41, 5.74) is 5.70. The van der Waals surface area contributed by atoms with Gasteiger partial charge in [0.25, 0.3) is 0 Å². The van der Waals surface area contributed by atoms with Gasteiger partial charge in [0.2, 0.25) is 17.7 Å². The van der Waals surface area contributed by atoms with Crippen molar-refractivity contribution in [2.75, 3.05) is 44.2 Å². The quantitative estimate of drug-likeness (QED) is 0.200. The predicted octanol–water partition coefficient (Wildman–Crippen LogP) is 6.08. The van der Waals surface area contributed by atoms with E-state index in [1.54, 1.807) is 0 Å². The highest BCUT2D eigenvalue weighted by Gasteiger charge is 2.36. The lowest BCUT2D eigenvalue weighted by Crippen LogP contribution is -2.53. The molecule has 0 spiro atoms. The molecule has 0 radical (unpaired) electrons. The summed E-state index contributed by atoms with van der Waals surface area (Å²) >= 11 is 0. The van der Waals surface area contributed by atoms with Gasteiger partial charge in [0.15, 0.2) is 0 Å². The van der Waals surface area contributed by atoms with E-state index in [1.165, 1.54) is 4.90 Å². The first kappa shape index (κ1) is 32.9. The average molecular weight is 675 g/mol. The van der Waals surface area contributed by atoms with Gasteiger partial charge in [0, 0.05) is 69.4 Å². The molecule has 7 rings (SSSR count). The van der Waals surface area contributed by atoms with Crippen LogP contribution in [0.25, 0.3) is 22.2 Å². The summed E-state index contributed by atoms with van der Waals surface area (Å²) in [4.78, 5) is 35.3. The molecule has 0 unspecified atom stereocenters. The zero-order valence-electron chi connectivity index (χ0n) is 28.4. The minimum absolute atomic E-state index is 0.00398. The lowest BCUT2D eigenvalue weighted by molar-refractivity contribution is -0.139. The van der Waals surface area contributed by atoms with Crippen LogP contribution in [0.5, 0.6) is 11.8 Å². The van der Waals surface area contributed by atoms with Crippen LogP contribution in [-0.4, -0.2) is 80.9 Å². The van der Waals surface area contributed by atoms with E-state index in [0.717, 1.165) is 52.1 Å². The van der Waals surface area contributed by atoms with E-state index in [-0.39, 0.29) is 17.7 Å². The molecule has 2 aromatic heterocycles. The number of carbonyl (C=O) groups excluding carboxylic acids is 1. The van der Waals surface area contributed by atoms with Crippen molar-refractivity contribution in [3.63, 3.8) is 0 Å². The minimum atomic E-state index is -0.913. The Balaban J connectivity index is 1.08. The summed E-state index contributed by atoms with van der Waals surface area (Å²) in [6.45, 7) is 6.24. The van der Waals surface area contributed by atoms with Crippen LogP contribution in [0, 0.1) is 11.8 Å². The summed E-state index contributed by atoms with van der Waals surface area (Å²) in [7, 11) is 1.94. The van der Waals surface area contributed by atoms with E-state index < -0.39 is 6.09 Å². The number of carboxylic acid groups (broad SMARTS) is 1. The number of aryl methyl sites for hydroxylation is 1. The first-order chi connectivity index (χ1) is 24.3. The highest BCUT2D eigenvalue weighted by atomic mass is 16.5. The Labute approximate surface area is 291 Å². The van der Waals surface area contributed by atoms with Gasteiger partial charge in [-0.15, -0.1) is 0 Å². The summed E-state index contributed by atoms with van der Waals surface area (Å²) < 4.78 is 14.3. The molecule has 0 bridgehead atoms. The zero-order valence-corrected chi connectivity index (χ0v) is 28.4. The number of likely N-dealkylation sites (tertiary alicyclic amines) is 1. The molecule has 2 aliphatic rings. The van der Waals surface area contributed by atoms with Crippen molar-refractivity contribution < 1.29 is 24.2 Å². The monoisotopic (exact) mass is 674 g/mol. The van der Waals surface area contributed by atoms with Gasteiger partial charge in [-0.05, 0) is 47.7 Å². The Morgan fingerprint density at radius 1 is 0.820 bits per heavy atom. The third-order valence-corrected chi connectivity index (χ3v) is 9.82. The molecule has 0 saturated carbocycles. The molecule has 2 atom stereocenters. The SMILES string of the molecule is C[C@@H]1CN(C(=O)O)CC[C@H]1C(=O)N1CCN(c2ccc3c(-c4ccc(OCc5ccccc5)nc4OCc4ccccc4)nn(C)c3c2)CC1. The Kier molecular flexibility index (Phi) is 9.55. The van der Waals surface area contributed by atoms with E-state index in [2.05, 4.69) is 23.1 Å². The normalized spacial score (nSPS) is 17.9. The molecule has 2 amide bonds. The first-order valence-electron chi connectivity index (χ1n) is 17.2. The van der Waals surface area contributed by atoms with Gasteiger partial charge in [-0.2, -0.15) is 10.1 Å². The summed E-state index contributed by atoms with van der Waals surface area (Å²) in [5.74, 6) is 0.934. The minimum Gasteiger partial charge on any atom is -0.473 e. The third-order valence-electron chi connectivity index (χ3n) is 9.82. The number of carbonyl (C=O) groups is 2. The Hall–Kier alpha value is -5.58. The fourth-order valence-electron chi connectivity index (χ4n) is 7.00. The number of ether oxygens (including phenoxy) is 2. The second kappa shape index (κ2) is 14.5. The van der Waals surface area contributed by atoms with Gasteiger partial charge in [-0.1, -0.05) is 67.6 Å². The number of hydrogen-bond acceptors (Lipinski definition) is 7. The van der Waals surface area contributed by atoms with E-state index in [1.807, 2.05) is 96.3 Å². The molecule has 3 aromatic carbocycles. The molecule has 50 heavy (non-hydrogen) atoms. The molecular formula is C39H42N6O5. The Bertz CT molecular complexity index is 1960. The van der Waals surface area contributed by atoms with Gasteiger partial charge in [-0.3, -0.25) is 9.48 Å². The fraction of sp³-hybridized carbons (Fsp3) is 0.333. The summed E-state index contributed by atoms with van der Waals surface area (Å²) in [6.07, 6.45) is -0.339. The lowest BCUT2D eigenvalue weighted by atomic mass is 9.85. The molecule has 2 saturated heterocycles. The van der Waals surface area contributed by atoms with Gasteiger partial charge in [0.1, 0.15) is 18.9 Å². The topological polar surface area (TPSA) is 113 Å². The number of hydrogen-bond donors (Lipinski definition) is 1. The average Bonchev–Trinajstić information content (AvgIpc) is 3.48. The molecule has 11 nitrogen and oxygen atoms in total. The van der Waals surface area contributed by atoms with Crippen molar-refractivity contribution in [3.05, 3.63) is 102 Å². The maximum atomic E-state index is 13.4. The molecule has 2 aliphatic heterocycles. The van der Waals surface area contributed by atoms with E-state index in [0.29, 0.717) is 57.6 Å². The van der Waals surface area contributed by atoms with E-state index in [9.17, 15) is 14.7 Å². The van der Waals surface area contributed by atoms with Gasteiger partial charge in [0.05, 0.1) is 11.1 Å². The number of aromatic nitrogens is 3. The number of fused-ring (bicyclic) bond motifs is 1. The second-order valence-electron chi connectivity index (χ2n) is 13.1. The van der Waals surface area contributed by atoms with Crippen LogP contribution in [0.15, 0.2) is 91.0 Å².